The third-order valence-corrected chi connectivity index (χ3v) is 2.29. The molecule has 0 amide bonds. The molecule has 6 heteroatoms. The lowest BCUT2D eigenvalue weighted by Gasteiger charge is -1.72. The molecular weight excluding hydrogens is 248 g/mol. The van der Waals surface area contributed by atoms with Gasteiger partial charge in [-0.15, -0.1) is 0 Å². The Balaban J connectivity index is 0.000000211. The van der Waals surface area contributed by atoms with Crippen LogP contribution in [0.15, 0.2) is 45.8 Å². The predicted molar refractivity (Wildman–Crippen MR) is 63.9 cm³/mol. The summed E-state index contributed by atoms with van der Waals surface area (Å²) in [4.78, 5) is 18.2. The standard InChI is InChI=1S/2C4H4S.C2H2O4/c2*1-2-4-5-3-1;3-1(4)2(5)6/h2*1-4H;(H,3,4)(H,5,6). The monoisotopic (exact) mass is 258 g/mol. The average molecular weight is 258 g/mol. The Morgan fingerprint density at radius 2 is 0.938 bits per heavy atom. The Kier molecular flexibility index (Phi) is 8.85. The van der Waals surface area contributed by atoms with Crippen molar-refractivity contribution in [2.24, 2.45) is 0 Å². The molecule has 2 rings (SSSR count). The van der Waals surface area contributed by atoms with E-state index in [9.17, 15) is 0 Å². The number of hydrogen-bond acceptors (Lipinski definition) is 4. The van der Waals surface area contributed by atoms with Crippen LogP contribution in [0.1, 0.15) is 0 Å². The van der Waals surface area contributed by atoms with Crippen molar-refractivity contribution in [3.8, 4) is 0 Å². The fourth-order valence-electron chi connectivity index (χ4n) is 0.454. The van der Waals surface area contributed by atoms with Crippen LogP contribution in [0, 0.1) is 0 Å². The lowest BCUT2D eigenvalue weighted by molar-refractivity contribution is -0.159. The average Bonchev–Trinajstić information content (AvgIpc) is 2.97. The van der Waals surface area contributed by atoms with Crippen molar-refractivity contribution in [1.29, 1.82) is 0 Å². The van der Waals surface area contributed by atoms with Crippen LogP contribution < -0.4 is 0 Å². The van der Waals surface area contributed by atoms with Gasteiger partial charge >= 0.3 is 11.9 Å². The van der Waals surface area contributed by atoms with Crippen LogP contribution in [-0.4, -0.2) is 22.2 Å². The second-order valence-corrected chi connectivity index (χ2v) is 3.83. The molecule has 0 atom stereocenters. The maximum absolute atomic E-state index is 9.10. The van der Waals surface area contributed by atoms with Crippen LogP contribution >= 0.6 is 22.7 Å². The van der Waals surface area contributed by atoms with Gasteiger partial charge in [-0.05, 0) is 21.5 Å². The van der Waals surface area contributed by atoms with Crippen LogP contribution in [0.5, 0.6) is 0 Å². The molecule has 2 N–H and O–H groups in total. The summed E-state index contributed by atoms with van der Waals surface area (Å²) in [7, 11) is 0. The number of hydrogen-bond donors (Lipinski definition) is 2. The highest BCUT2D eigenvalue weighted by Crippen LogP contribution is 1.92. The van der Waals surface area contributed by atoms with Crippen LogP contribution in [0.3, 0.4) is 0 Å². The zero-order valence-corrected chi connectivity index (χ0v) is 9.78. The first-order valence-electron chi connectivity index (χ1n) is 4.05. The fraction of sp³-hybridized carbons (Fsp3) is 0. The van der Waals surface area contributed by atoms with Crippen LogP contribution in [0.2, 0.25) is 0 Å². The van der Waals surface area contributed by atoms with E-state index in [0.717, 1.165) is 0 Å². The number of carbonyl (C=O) groups is 2. The van der Waals surface area contributed by atoms with Crippen LogP contribution in [0.4, 0.5) is 0 Å². The van der Waals surface area contributed by atoms with Crippen LogP contribution in [-0.2, 0) is 9.59 Å². The Hall–Kier alpha value is -1.66. The largest absolute Gasteiger partial charge is 0.473 e. The van der Waals surface area contributed by atoms with Gasteiger partial charge < -0.3 is 10.2 Å². The second-order valence-electron chi connectivity index (χ2n) is 2.20. The molecule has 0 bridgehead atoms. The summed E-state index contributed by atoms with van der Waals surface area (Å²) < 4.78 is 0. The van der Waals surface area contributed by atoms with E-state index in [4.69, 9.17) is 19.8 Å². The Morgan fingerprint density at radius 1 is 0.688 bits per heavy atom. The summed E-state index contributed by atoms with van der Waals surface area (Å²) >= 11 is 3.43. The topological polar surface area (TPSA) is 74.6 Å². The lowest BCUT2D eigenvalue weighted by Crippen LogP contribution is -2.09. The molecule has 0 radical (unpaired) electrons. The molecule has 0 aliphatic carbocycles. The third kappa shape index (κ3) is 10.4. The highest BCUT2D eigenvalue weighted by Gasteiger charge is 2.04. The molecule has 0 spiro atoms. The summed E-state index contributed by atoms with van der Waals surface area (Å²) in [5, 5.41) is 22.9. The van der Waals surface area contributed by atoms with Crippen LogP contribution in [0.25, 0.3) is 0 Å². The first-order valence-corrected chi connectivity index (χ1v) is 5.93. The smallest absolute Gasteiger partial charge is 0.414 e. The summed E-state index contributed by atoms with van der Waals surface area (Å²) in [6.45, 7) is 0. The van der Waals surface area contributed by atoms with E-state index < -0.39 is 11.9 Å². The molecule has 2 aromatic heterocycles. The first kappa shape index (κ1) is 14.3. The van der Waals surface area contributed by atoms with Gasteiger partial charge in [0.25, 0.3) is 0 Å². The maximum Gasteiger partial charge on any atom is 0.414 e. The van der Waals surface area contributed by atoms with E-state index in [0.29, 0.717) is 0 Å². The van der Waals surface area contributed by atoms with Gasteiger partial charge in [0.15, 0.2) is 0 Å². The van der Waals surface area contributed by atoms with Crippen molar-refractivity contribution in [3.05, 3.63) is 45.8 Å². The van der Waals surface area contributed by atoms with Gasteiger partial charge in [0.2, 0.25) is 0 Å². The molecule has 0 fully saturated rings. The lowest BCUT2D eigenvalue weighted by atomic mass is 10.7. The summed E-state index contributed by atoms with van der Waals surface area (Å²) in [6.07, 6.45) is 0. The maximum atomic E-state index is 9.10. The Labute approximate surface area is 100 Å². The van der Waals surface area contributed by atoms with Gasteiger partial charge in [-0.2, -0.15) is 22.7 Å². The second kappa shape index (κ2) is 9.88. The van der Waals surface area contributed by atoms with Crippen molar-refractivity contribution in [3.63, 3.8) is 0 Å². The molecule has 4 nitrogen and oxygen atoms in total. The van der Waals surface area contributed by atoms with Crippen molar-refractivity contribution in [2.75, 3.05) is 0 Å². The molecule has 0 saturated carbocycles. The van der Waals surface area contributed by atoms with Gasteiger partial charge in [-0.25, -0.2) is 9.59 Å². The highest BCUT2D eigenvalue weighted by molar-refractivity contribution is 7.08. The van der Waals surface area contributed by atoms with E-state index in [-0.39, 0.29) is 0 Å². The normalized spacial score (nSPS) is 7.75. The minimum atomic E-state index is -1.82. The highest BCUT2D eigenvalue weighted by atomic mass is 32.1. The van der Waals surface area contributed by atoms with Gasteiger partial charge in [-0.1, -0.05) is 24.3 Å². The molecule has 16 heavy (non-hydrogen) atoms. The van der Waals surface area contributed by atoms with Gasteiger partial charge in [0.1, 0.15) is 0 Å². The molecule has 0 saturated heterocycles. The molecule has 0 aromatic carbocycles. The molecule has 2 heterocycles. The number of rotatable bonds is 0. The number of carboxylic acids is 2. The van der Waals surface area contributed by atoms with E-state index in [1.54, 1.807) is 22.7 Å². The number of thiophene rings is 2. The van der Waals surface area contributed by atoms with E-state index in [1.807, 2.05) is 45.8 Å². The third-order valence-electron chi connectivity index (χ3n) is 1.03. The summed E-state index contributed by atoms with van der Waals surface area (Å²) in [6, 6.07) is 8.07. The summed E-state index contributed by atoms with van der Waals surface area (Å²) in [5.41, 5.74) is 0. The number of carboxylic acid groups (broad SMARTS) is 2. The van der Waals surface area contributed by atoms with Crippen molar-refractivity contribution in [1.82, 2.24) is 0 Å². The zero-order valence-electron chi connectivity index (χ0n) is 8.15. The Morgan fingerprint density at radius 3 is 1.00 bits per heavy atom. The SMILES string of the molecule is O=C(O)C(=O)O.c1ccsc1.c1ccsc1. The first-order chi connectivity index (χ1) is 7.64. The minimum absolute atomic E-state index is 1.71. The molecule has 0 aliphatic rings. The molecular formula is C10H10O4S2. The van der Waals surface area contributed by atoms with Crippen molar-refractivity contribution >= 4 is 34.6 Å². The summed E-state index contributed by atoms with van der Waals surface area (Å²) in [5.74, 6) is -3.65. The quantitative estimate of drug-likeness (QED) is 0.712. The predicted octanol–water partition coefficient (Wildman–Crippen LogP) is 2.65. The van der Waals surface area contributed by atoms with E-state index in [1.165, 1.54) is 0 Å². The van der Waals surface area contributed by atoms with E-state index >= 15 is 0 Å². The minimum Gasteiger partial charge on any atom is -0.473 e. The molecule has 0 aliphatic heterocycles. The Bertz CT molecular complexity index is 295. The zero-order chi connectivity index (χ0) is 12.2. The van der Waals surface area contributed by atoms with Gasteiger partial charge in [0.05, 0.1) is 0 Å². The number of aliphatic carboxylic acids is 2. The van der Waals surface area contributed by atoms with E-state index in [2.05, 4.69) is 0 Å². The fourth-order valence-corrected chi connectivity index (χ4v) is 1.36. The molecule has 0 unspecified atom stereocenters. The molecule has 2 aromatic rings. The van der Waals surface area contributed by atoms with Gasteiger partial charge in [-0.3, -0.25) is 0 Å². The van der Waals surface area contributed by atoms with Crippen molar-refractivity contribution in [2.45, 2.75) is 0 Å². The van der Waals surface area contributed by atoms with Crippen molar-refractivity contribution < 1.29 is 19.8 Å². The van der Waals surface area contributed by atoms with Gasteiger partial charge in [0, 0.05) is 0 Å². The molecule has 86 valence electrons.